The van der Waals surface area contributed by atoms with Crippen molar-refractivity contribution in [3.63, 3.8) is 0 Å². The van der Waals surface area contributed by atoms with Crippen molar-refractivity contribution >= 4 is 23.2 Å². The number of aliphatic hydroxyl groups is 1. The van der Waals surface area contributed by atoms with Crippen molar-refractivity contribution < 1.29 is 19.6 Å². The van der Waals surface area contributed by atoms with Gasteiger partial charge >= 0.3 is 11.8 Å². The standard InChI is InChI=1S/C13H17N3O5/c1-8-6-9(16(20)21)4-5-10(8)14-11(18)12(19)15-13(2,3)7-17/h4-6,17H,7H2,1-3H3,(H,14,18)(H,15,19). The Hall–Kier alpha value is -2.48. The van der Waals surface area contributed by atoms with Crippen molar-refractivity contribution in [3.8, 4) is 0 Å². The summed E-state index contributed by atoms with van der Waals surface area (Å²) in [5, 5.41) is 24.4. The lowest BCUT2D eigenvalue weighted by atomic mass is 10.1. The second kappa shape index (κ2) is 6.31. The molecule has 1 aromatic rings. The molecule has 114 valence electrons. The molecular weight excluding hydrogens is 278 g/mol. The van der Waals surface area contributed by atoms with Crippen LogP contribution in [0.1, 0.15) is 19.4 Å². The van der Waals surface area contributed by atoms with E-state index in [4.69, 9.17) is 5.11 Å². The topological polar surface area (TPSA) is 122 Å². The molecule has 0 saturated carbocycles. The highest BCUT2D eigenvalue weighted by Gasteiger charge is 2.24. The number of nitro groups is 1. The smallest absolute Gasteiger partial charge is 0.313 e. The molecule has 3 N–H and O–H groups in total. The van der Waals surface area contributed by atoms with Crippen LogP contribution in [-0.4, -0.2) is 34.0 Å². The van der Waals surface area contributed by atoms with Gasteiger partial charge in [0.1, 0.15) is 0 Å². The van der Waals surface area contributed by atoms with Gasteiger partial charge in [0.25, 0.3) is 5.69 Å². The number of aryl methyl sites for hydroxylation is 1. The molecule has 0 aliphatic heterocycles. The molecule has 8 heteroatoms. The van der Waals surface area contributed by atoms with Crippen LogP contribution in [0.15, 0.2) is 18.2 Å². The molecule has 8 nitrogen and oxygen atoms in total. The summed E-state index contributed by atoms with van der Waals surface area (Å²) >= 11 is 0. The van der Waals surface area contributed by atoms with Gasteiger partial charge in [-0.05, 0) is 32.4 Å². The number of nitrogens with one attached hydrogen (secondary N) is 2. The summed E-state index contributed by atoms with van der Waals surface area (Å²) in [6, 6.07) is 3.89. The highest BCUT2D eigenvalue weighted by molar-refractivity contribution is 6.39. The summed E-state index contributed by atoms with van der Waals surface area (Å²) in [7, 11) is 0. The van der Waals surface area contributed by atoms with E-state index >= 15 is 0 Å². The monoisotopic (exact) mass is 295 g/mol. The molecule has 0 aromatic heterocycles. The van der Waals surface area contributed by atoms with Gasteiger partial charge in [-0.25, -0.2) is 0 Å². The maximum Gasteiger partial charge on any atom is 0.313 e. The van der Waals surface area contributed by atoms with E-state index in [2.05, 4.69) is 10.6 Å². The van der Waals surface area contributed by atoms with Crippen molar-refractivity contribution in [3.05, 3.63) is 33.9 Å². The van der Waals surface area contributed by atoms with Crippen LogP contribution in [0.2, 0.25) is 0 Å². The third kappa shape index (κ3) is 4.53. The van der Waals surface area contributed by atoms with E-state index in [0.29, 0.717) is 11.3 Å². The summed E-state index contributed by atoms with van der Waals surface area (Å²) in [6.07, 6.45) is 0. The zero-order valence-electron chi connectivity index (χ0n) is 12.0. The van der Waals surface area contributed by atoms with Crippen LogP contribution in [0, 0.1) is 17.0 Å². The van der Waals surface area contributed by atoms with Gasteiger partial charge in [0.05, 0.1) is 17.1 Å². The Balaban J connectivity index is 2.80. The number of hydrogen-bond donors (Lipinski definition) is 3. The molecule has 0 atom stereocenters. The summed E-state index contributed by atoms with van der Waals surface area (Å²) < 4.78 is 0. The minimum atomic E-state index is -0.918. The van der Waals surface area contributed by atoms with E-state index in [-0.39, 0.29) is 12.3 Å². The number of carbonyl (C=O) groups is 2. The number of nitro benzene ring substituents is 1. The number of non-ortho nitro benzene ring substituents is 1. The van der Waals surface area contributed by atoms with Crippen molar-refractivity contribution in [1.29, 1.82) is 0 Å². The molecule has 21 heavy (non-hydrogen) atoms. The molecule has 0 saturated heterocycles. The van der Waals surface area contributed by atoms with Gasteiger partial charge in [0.15, 0.2) is 0 Å². The molecule has 0 radical (unpaired) electrons. The van der Waals surface area contributed by atoms with Crippen LogP contribution in [0.5, 0.6) is 0 Å². The van der Waals surface area contributed by atoms with Gasteiger partial charge in [-0.2, -0.15) is 0 Å². The van der Waals surface area contributed by atoms with Crippen LogP contribution >= 0.6 is 0 Å². The summed E-state index contributed by atoms with van der Waals surface area (Å²) in [5.74, 6) is -1.81. The Labute approximate surface area is 121 Å². The van der Waals surface area contributed by atoms with Crippen LogP contribution in [-0.2, 0) is 9.59 Å². The van der Waals surface area contributed by atoms with E-state index in [1.54, 1.807) is 20.8 Å². The van der Waals surface area contributed by atoms with Gasteiger partial charge in [0, 0.05) is 17.8 Å². The molecular formula is C13H17N3O5. The fraction of sp³-hybridized carbons (Fsp3) is 0.385. The minimum absolute atomic E-state index is 0.101. The first-order chi connectivity index (χ1) is 9.66. The second-order valence-corrected chi connectivity index (χ2v) is 5.21. The Bertz CT molecular complexity index is 583. The van der Waals surface area contributed by atoms with Gasteiger partial charge in [-0.1, -0.05) is 0 Å². The number of carbonyl (C=O) groups excluding carboxylic acids is 2. The van der Waals surface area contributed by atoms with Crippen molar-refractivity contribution in [2.75, 3.05) is 11.9 Å². The van der Waals surface area contributed by atoms with E-state index in [9.17, 15) is 19.7 Å². The first kappa shape index (κ1) is 16.6. The van der Waals surface area contributed by atoms with Crippen molar-refractivity contribution in [1.82, 2.24) is 5.32 Å². The van der Waals surface area contributed by atoms with E-state index in [1.807, 2.05) is 0 Å². The van der Waals surface area contributed by atoms with Gasteiger partial charge in [0.2, 0.25) is 0 Å². The molecule has 1 aromatic carbocycles. The first-order valence-corrected chi connectivity index (χ1v) is 6.15. The number of rotatable bonds is 4. The zero-order chi connectivity index (χ0) is 16.2. The lowest BCUT2D eigenvalue weighted by Gasteiger charge is -2.22. The molecule has 2 amide bonds. The number of anilines is 1. The van der Waals surface area contributed by atoms with Crippen LogP contribution in [0.3, 0.4) is 0 Å². The molecule has 1 rings (SSSR count). The molecule has 0 fully saturated rings. The van der Waals surface area contributed by atoms with Crippen LogP contribution in [0.4, 0.5) is 11.4 Å². The fourth-order valence-corrected chi connectivity index (χ4v) is 1.48. The number of hydrogen-bond acceptors (Lipinski definition) is 5. The summed E-state index contributed by atoms with van der Waals surface area (Å²) in [4.78, 5) is 33.5. The van der Waals surface area contributed by atoms with Gasteiger partial charge < -0.3 is 15.7 Å². The van der Waals surface area contributed by atoms with Gasteiger partial charge in [-0.15, -0.1) is 0 Å². The van der Waals surface area contributed by atoms with E-state index in [1.165, 1.54) is 18.2 Å². The minimum Gasteiger partial charge on any atom is -0.394 e. The predicted molar refractivity (Wildman–Crippen MR) is 75.8 cm³/mol. The highest BCUT2D eigenvalue weighted by atomic mass is 16.6. The third-order valence-electron chi connectivity index (χ3n) is 2.72. The molecule has 0 heterocycles. The molecule has 0 aliphatic rings. The lowest BCUT2D eigenvalue weighted by molar-refractivity contribution is -0.384. The van der Waals surface area contributed by atoms with E-state index in [0.717, 1.165) is 0 Å². The fourth-order valence-electron chi connectivity index (χ4n) is 1.48. The lowest BCUT2D eigenvalue weighted by Crippen LogP contribution is -2.50. The third-order valence-corrected chi connectivity index (χ3v) is 2.72. The average Bonchev–Trinajstić information content (AvgIpc) is 2.40. The van der Waals surface area contributed by atoms with Crippen molar-refractivity contribution in [2.24, 2.45) is 0 Å². The van der Waals surface area contributed by atoms with E-state index < -0.39 is 22.3 Å². The highest BCUT2D eigenvalue weighted by Crippen LogP contribution is 2.21. The van der Waals surface area contributed by atoms with Crippen molar-refractivity contribution in [2.45, 2.75) is 26.3 Å². The predicted octanol–water partition coefficient (Wildman–Crippen LogP) is 0.729. The first-order valence-electron chi connectivity index (χ1n) is 6.15. The quantitative estimate of drug-likeness (QED) is 0.429. The largest absolute Gasteiger partial charge is 0.394 e. The Morgan fingerprint density at radius 2 is 1.95 bits per heavy atom. The zero-order valence-corrected chi connectivity index (χ0v) is 12.0. The normalized spacial score (nSPS) is 10.9. The SMILES string of the molecule is Cc1cc([N+](=O)[O-])ccc1NC(=O)C(=O)NC(C)(C)CO. The van der Waals surface area contributed by atoms with Gasteiger partial charge in [-0.3, -0.25) is 19.7 Å². The number of benzene rings is 1. The molecule has 0 spiro atoms. The maximum absolute atomic E-state index is 11.7. The number of nitrogens with zero attached hydrogens (tertiary/aromatic N) is 1. The summed E-state index contributed by atoms with van der Waals surface area (Å²) in [5.41, 5.74) is -0.246. The van der Waals surface area contributed by atoms with Crippen LogP contribution < -0.4 is 10.6 Å². The number of aliphatic hydroxyl groups excluding tert-OH is 1. The second-order valence-electron chi connectivity index (χ2n) is 5.21. The Morgan fingerprint density at radius 1 is 1.33 bits per heavy atom. The average molecular weight is 295 g/mol. The molecule has 0 aliphatic carbocycles. The number of amides is 2. The Kier molecular flexibility index (Phi) is 4.98. The molecule has 0 unspecified atom stereocenters. The summed E-state index contributed by atoms with van der Waals surface area (Å²) in [6.45, 7) is 4.39. The van der Waals surface area contributed by atoms with Crippen LogP contribution in [0.25, 0.3) is 0 Å². The maximum atomic E-state index is 11.7. The molecule has 0 bridgehead atoms. The Morgan fingerprint density at radius 3 is 2.43 bits per heavy atom.